The van der Waals surface area contributed by atoms with Crippen molar-refractivity contribution in [2.45, 2.75) is 32.6 Å². The summed E-state index contributed by atoms with van der Waals surface area (Å²) in [5.74, 6) is 0.818. The summed E-state index contributed by atoms with van der Waals surface area (Å²) >= 11 is 0. The van der Waals surface area contributed by atoms with Gasteiger partial charge in [-0.3, -0.25) is 4.79 Å². The van der Waals surface area contributed by atoms with E-state index in [-0.39, 0.29) is 5.97 Å². The first-order chi connectivity index (χ1) is 8.15. The van der Waals surface area contributed by atoms with Crippen LogP contribution in [0.4, 0.5) is 0 Å². The summed E-state index contributed by atoms with van der Waals surface area (Å²) < 4.78 is 10.3. The molecule has 0 heterocycles. The maximum absolute atomic E-state index is 11.6. The van der Waals surface area contributed by atoms with E-state index in [4.69, 9.17) is 9.47 Å². The molecule has 1 aromatic rings. The van der Waals surface area contributed by atoms with Crippen LogP contribution in [0.2, 0.25) is 0 Å². The minimum Gasteiger partial charge on any atom is -0.426 e. The minimum atomic E-state index is -0.199. The molecule has 0 aliphatic heterocycles. The molecular formula is C14H20O3. The first-order valence-electron chi connectivity index (χ1n) is 5.93. The van der Waals surface area contributed by atoms with Gasteiger partial charge in [0, 0.05) is 20.1 Å². The number of carbonyl (C=O) groups excluding carboxylic acids is 1. The molecule has 0 N–H and O–H groups in total. The van der Waals surface area contributed by atoms with Crippen molar-refractivity contribution in [1.29, 1.82) is 0 Å². The van der Waals surface area contributed by atoms with Gasteiger partial charge in [-0.25, -0.2) is 0 Å². The summed E-state index contributed by atoms with van der Waals surface area (Å²) in [7, 11) is 1.62. The Morgan fingerprint density at radius 2 is 2.00 bits per heavy atom. The van der Waals surface area contributed by atoms with Gasteiger partial charge in [0.2, 0.25) is 0 Å². The maximum atomic E-state index is 11.6. The van der Waals surface area contributed by atoms with E-state index in [2.05, 4.69) is 13.8 Å². The second-order valence-corrected chi connectivity index (χ2v) is 4.26. The molecule has 0 aromatic heterocycles. The number of rotatable bonds is 6. The van der Waals surface area contributed by atoms with E-state index in [0.717, 1.165) is 5.56 Å². The zero-order valence-corrected chi connectivity index (χ0v) is 10.7. The molecule has 17 heavy (non-hydrogen) atoms. The number of ether oxygens (including phenoxy) is 2. The molecule has 0 unspecified atom stereocenters. The van der Waals surface area contributed by atoms with Crippen molar-refractivity contribution in [3.63, 3.8) is 0 Å². The molecule has 0 amide bonds. The Morgan fingerprint density at radius 3 is 2.65 bits per heavy atom. The molecule has 0 aliphatic carbocycles. The van der Waals surface area contributed by atoms with Gasteiger partial charge in [-0.05, 0) is 24.0 Å². The van der Waals surface area contributed by atoms with Crippen LogP contribution < -0.4 is 4.74 Å². The molecular weight excluding hydrogens is 216 g/mol. The average Bonchev–Trinajstić information content (AvgIpc) is 2.29. The third kappa shape index (κ3) is 4.57. The van der Waals surface area contributed by atoms with Gasteiger partial charge in [0.25, 0.3) is 0 Å². The zero-order valence-electron chi connectivity index (χ0n) is 10.7. The van der Waals surface area contributed by atoms with E-state index in [1.54, 1.807) is 7.11 Å². The molecule has 94 valence electrons. The van der Waals surface area contributed by atoms with E-state index < -0.39 is 0 Å². The molecule has 3 nitrogen and oxygen atoms in total. The fourth-order valence-corrected chi connectivity index (χ4v) is 1.58. The highest BCUT2D eigenvalue weighted by molar-refractivity contribution is 5.72. The Labute approximate surface area is 103 Å². The van der Waals surface area contributed by atoms with Crippen molar-refractivity contribution in [2.75, 3.05) is 13.7 Å². The molecule has 0 spiro atoms. The summed E-state index contributed by atoms with van der Waals surface area (Å²) in [6.45, 7) is 4.75. The van der Waals surface area contributed by atoms with Crippen LogP contribution in [0.1, 0.15) is 38.2 Å². The molecule has 0 saturated carbocycles. The highest BCUT2D eigenvalue weighted by Gasteiger charge is 2.10. The number of hydrogen-bond donors (Lipinski definition) is 0. The van der Waals surface area contributed by atoms with Gasteiger partial charge in [0.05, 0.1) is 0 Å². The number of methoxy groups -OCH3 is 1. The lowest BCUT2D eigenvalue weighted by Gasteiger charge is -2.12. The first kappa shape index (κ1) is 13.7. The monoisotopic (exact) mass is 236 g/mol. The van der Waals surface area contributed by atoms with E-state index in [1.165, 1.54) is 0 Å². The second-order valence-electron chi connectivity index (χ2n) is 4.26. The summed E-state index contributed by atoms with van der Waals surface area (Å²) in [5, 5.41) is 0. The SMILES string of the molecule is COCCCC(=O)Oc1ccccc1C(C)C. The van der Waals surface area contributed by atoms with Gasteiger partial charge in [-0.2, -0.15) is 0 Å². The average molecular weight is 236 g/mol. The minimum absolute atomic E-state index is 0.199. The van der Waals surface area contributed by atoms with Gasteiger partial charge in [-0.15, -0.1) is 0 Å². The first-order valence-corrected chi connectivity index (χ1v) is 5.93. The Bertz CT molecular complexity index is 358. The smallest absolute Gasteiger partial charge is 0.311 e. The lowest BCUT2D eigenvalue weighted by Crippen LogP contribution is -2.10. The zero-order chi connectivity index (χ0) is 12.7. The molecule has 0 fully saturated rings. The summed E-state index contributed by atoms with van der Waals surface area (Å²) in [6, 6.07) is 7.66. The molecule has 1 aromatic carbocycles. The normalized spacial score (nSPS) is 10.6. The van der Waals surface area contributed by atoms with Gasteiger partial charge < -0.3 is 9.47 Å². The lowest BCUT2D eigenvalue weighted by molar-refractivity contribution is -0.134. The van der Waals surface area contributed by atoms with E-state index >= 15 is 0 Å². The molecule has 0 atom stereocenters. The van der Waals surface area contributed by atoms with Crippen molar-refractivity contribution >= 4 is 5.97 Å². The van der Waals surface area contributed by atoms with Crippen LogP contribution in [0.15, 0.2) is 24.3 Å². The fourth-order valence-electron chi connectivity index (χ4n) is 1.58. The standard InChI is InChI=1S/C14H20O3/c1-11(2)12-7-4-5-8-13(12)17-14(15)9-6-10-16-3/h4-5,7-8,11H,6,9-10H2,1-3H3. The van der Waals surface area contributed by atoms with E-state index in [9.17, 15) is 4.79 Å². The van der Waals surface area contributed by atoms with Gasteiger partial charge >= 0.3 is 5.97 Å². The topological polar surface area (TPSA) is 35.5 Å². The summed E-state index contributed by atoms with van der Waals surface area (Å²) in [4.78, 5) is 11.6. The van der Waals surface area contributed by atoms with Crippen LogP contribution >= 0.6 is 0 Å². The Morgan fingerprint density at radius 1 is 1.29 bits per heavy atom. The van der Waals surface area contributed by atoms with Crippen LogP contribution in [0.3, 0.4) is 0 Å². The predicted molar refractivity (Wildman–Crippen MR) is 67.3 cm³/mol. The van der Waals surface area contributed by atoms with Gasteiger partial charge in [0.1, 0.15) is 5.75 Å². The van der Waals surface area contributed by atoms with Crippen molar-refractivity contribution < 1.29 is 14.3 Å². The number of carbonyl (C=O) groups is 1. The molecule has 0 radical (unpaired) electrons. The number of esters is 1. The number of para-hydroxylation sites is 1. The summed E-state index contributed by atoms with van der Waals surface area (Å²) in [5.41, 5.74) is 1.06. The molecule has 0 saturated heterocycles. The Kier molecular flexibility index (Phi) is 5.70. The van der Waals surface area contributed by atoms with E-state index in [1.807, 2.05) is 24.3 Å². The Hall–Kier alpha value is -1.35. The van der Waals surface area contributed by atoms with Crippen LogP contribution in [-0.4, -0.2) is 19.7 Å². The van der Waals surface area contributed by atoms with Crippen LogP contribution in [-0.2, 0) is 9.53 Å². The third-order valence-electron chi connectivity index (χ3n) is 2.49. The van der Waals surface area contributed by atoms with Crippen LogP contribution in [0, 0.1) is 0 Å². The van der Waals surface area contributed by atoms with Gasteiger partial charge in [0.15, 0.2) is 0 Å². The Balaban J connectivity index is 2.58. The fraction of sp³-hybridized carbons (Fsp3) is 0.500. The number of hydrogen-bond acceptors (Lipinski definition) is 3. The third-order valence-corrected chi connectivity index (χ3v) is 2.49. The largest absolute Gasteiger partial charge is 0.426 e. The predicted octanol–water partition coefficient (Wildman–Crippen LogP) is 3.14. The van der Waals surface area contributed by atoms with Crippen molar-refractivity contribution in [1.82, 2.24) is 0 Å². The lowest BCUT2D eigenvalue weighted by atomic mass is 10.0. The molecule has 3 heteroatoms. The highest BCUT2D eigenvalue weighted by Crippen LogP contribution is 2.26. The van der Waals surface area contributed by atoms with Crippen molar-refractivity contribution in [2.24, 2.45) is 0 Å². The van der Waals surface area contributed by atoms with Crippen LogP contribution in [0.5, 0.6) is 5.75 Å². The number of benzene rings is 1. The molecule has 0 bridgehead atoms. The second kappa shape index (κ2) is 7.07. The quantitative estimate of drug-likeness (QED) is 0.432. The van der Waals surface area contributed by atoms with Gasteiger partial charge in [-0.1, -0.05) is 32.0 Å². The van der Waals surface area contributed by atoms with Crippen molar-refractivity contribution in [3.8, 4) is 5.75 Å². The molecule has 1 rings (SSSR count). The van der Waals surface area contributed by atoms with Crippen molar-refractivity contribution in [3.05, 3.63) is 29.8 Å². The maximum Gasteiger partial charge on any atom is 0.311 e. The molecule has 0 aliphatic rings. The van der Waals surface area contributed by atoms with Crippen LogP contribution in [0.25, 0.3) is 0 Å². The summed E-state index contributed by atoms with van der Waals surface area (Å²) in [6.07, 6.45) is 1.08. The highest BCUT2D eigenvalue weighted by atomic mass is 16.5. The van der Waals surface area contributed by atoms with E-state index in [0.29, 0.717) is 31.1 Å².